The van der Waals surface area contributed by atoms with Crippen LogP contribution >= 0.6 is 12.4 Å². The summed E-state index contributed by atoms with van der Waals surface area (Å²) in [4.78, 5) is 0. The Morgan fingerprint density at radius 3 is 2.36 bits per heavy atom. The average Bonchev–Trinajstić information content (AvgIpc) is 2.78. The van der Waals surface area contributed by atoms with Gasteiger partial charge in [-0.15, -0.1) is 12.4 Å². The minimum Gasteiger partial charge on any atom is -0.497 e. The standard InChI is InChI=1S/C17H19N2O2.ClH/c1-18-14-7-5-6-8-15(14)19(2)17(18)13-11-12(20-3)9-10-16(13)21-4;/h5-11H,1-4H3;1H/q+1;. The summed E-state index contributed by atoms with van der Waals surface area (Å²) in [6.07, 6.45) is 0. The van der Waals surface area contributed by atoms with E-state index in [1.165, 1.54) is 11.0 Å². The molecule has 0 aliphatic carbocycles. The summed E-state index contributed by atoms with van der Waals surface area (Å²) < 4.78 is 15.2. The van der Waals surface area contributed by atoms with Crippen molar-refractivity contribution >= 4 is 23.4 Å². The van der Waals surface area contributed by atoms with E-state index in [1.54, 1.807) is 14.2 Å². The van der Waals surface area contributed by atoms with Gasteiger partial charge in [-0.25, -0.2) is 9.13 Å². The van der Waals surface area contributed by atoms with E-state index in [2.05, 4.69) is 47.5 Å². The molecule has 3 rings (SSSR count). The summed E-state index contributed by atoms with van der Waals surface area (Å²) in [7, 11) is 7.49. The van der Waals surface area contributed by atoms with Gasteiger partial charge in [-0.3, -0.25) is 0 Å². The normalized spacial score (nSPS) is 10.4. The van der Waals surface area contributed by atoms with Gasteiger partial charge in [0, 0.05) is 0 Å². The van der Waals surface area contributed by atoms with Gasteiger partial charge in [0.05, 0.1) is 28.3 Å². The number of fused-ring (bicyclic) bond motifs is 1. The highest BCUT2D eigenvalue weighted by atomic mass is 35.5. The van der Waals surface area contributed by atoms with Crippen molar-refractivity contribution in [1.82, 2.24) is 4.57 Å². The molecule has 0 atom stereocenters. The first-order valence-corrected chi connectivity index (χ1v) is 6.83. The number of ether oxygens (including phenoxy) is 2. The molecule has 0 saturated heterocycles. The number of aromatic nitrogens is 2. The van der Waals surface area contributed by atoms with E-state index in [0.717, 1.165) is 22.9 Å². The molecule has 0 fully saturated rings. The maximum atomic E-state index is 5.52. The lowest BCUT2D eigenvalue weighted by Crippen LogP contribution is -2.30. The summed E-state index contributed by atoms with van der Waals surface area (Å²) in [5.41, 5.74) is 3.37. The second-order valence-corrected chi connectivity index (χ2v) is 5.00. The topological polar surface area (TPSA) is 27.3 Å². The Kier molecular flexibility index (Phi) is 4.62. The second kappa shape index (κ2) is 6.28. The number of hydrogen-bond acceptors (Lipinski definition) is 2. The molecule has 0 amide bonds. The van der Waals surface area contributed by atoms with Crippen molar-refractivity contribution in [2.45, 2.75) is 0 Å². The molecule has 0 radical (unpaired) electrons. The third kappa shape index (κ3) is 2.40. The highest BCUT2D eigenvalue weighted by Crippen LogP contribution is 2.33. The summed E-state index contributed by atoms with van der Waals surface area (Å²) in [6, 6.07) is 14.2. The van der Waals surface area contributed by atoms with Crippen LogP contribution in [0.15, 0.2) is 42.5 Å². The maximum Gasteiger partial charge on any atom is 0.293 e. The van der Waals surface area contributed by atoms with E-state index in [4.69, 9.17) is 9.47 Å². The van der Waals surface area contributed by atoms with Crippen LogP contribution in [0.1, 0.15) is 0 Å². The van der Waals surface area contributed by atoms with E-state index in [1.807, 2.05) is 18.2 Å². The van der Waals surface area contributed by atoms with Gasteiger partial charge in [-0.1, -0.05) is 12.1 Å². The van der Waals surface area contributed by atoms with Crippen LogP contribution < -0.4 is 14.0 Å². The Labute approximate surface area is 136 Å². The van der Waals surface area contributed by atoms with Gasteiger partial charge >= 0.3 is 0 Å². The molecule has 0 bridgehead atoms. The third-order valence-corrected chi connectivity index (χ3v) is 3.89. The predicted octanol–water partition coefficient (Wildman–Crippen LogP) is 3.11. The van der Waals surface area contributed by atoms with Crippen LogP contribution in [-0.2, 0) is 14.1 Å². The van der Waals surface area contributed by atoms with E-state index in [-0.39, 0.29) is 12.4 Å². The number of para-hydroxylation sites is 2. The van der Waals surface area contributed by atoms with Gasteiger partial charge in [0.15, 0.2) is 11.0 Å². The number of benzene rings is 2. The van der Waals surface area contributed by atoms with Gasteiger partial charge in [0.2, 0.25) is 0 Å². The van der Waals surface area contributed by atoms with E-state index < -0.39 is 0 Å². The van der Waals surface area contributed by atoms with Gasteiger partial charge in [0.25, 0.3) is 5.82 Å². The number of halogens is 1. The number of imidazole rings is 1. The molecule has 22 heavy (non-hydrogen) atoms. The van der Waals surface area contributed by atoms with E-state index in [9.17, 15) is 0 Å². The zero-order valence-electron chi connectivity index (χ0n) is 13.2. The van der Waals surface area contributed by atoms with Crippen LogP contribution in [0.5, 0.6) is 11.5 Å². The highest BCUT2D eigenvalue weighted by Gasteiger charge is 2.24. The quantitative estimate of drug-likeness (QED) is 0.694. The average molecular weight is 320 g/mol. The minimum atomic E-state index is 0. The molecule has 0 N–H and O–H groups in total. The van der Waals surface area contributed by atoms with Gasteiger partial charge in [0.1, 0.15) is 17.1 Å². The van der Waals surface area contributed by atoms with Crippen molar-refractivity contribution in [3.63, 3.8) is 0 Å². The Morgan fingerprint density at radius 2 is 1.73 bits per heavy atom. The smallest absolute Gasteiger partial charge is 0.293 e. The van der Waals surface area contributed by atoms with Crippen molar-refractivity contribution in [2.75, 3.05) is 14.2 Å². The van der Waals surface area contributed by atoms with Crippen LogP contribution in [0.25, 0.3) is 22.4 Å². The first-order chi connectivity index (χ1) is 10.2. The molecule has 3 aromatic rings. The number of nitrogens with zero attached hydrogens (tertiary/aromatic N) is 2. The largest absolute Gasteiger partial charge is 0.497 e. The molecule has 2 aromatic carbocycles. The lowest BCUT2D eigenvalue weighted by Gasteiger charge is -2.08. The molecule has 0 aliphatic rings. The monoisotopic (exact) mass is 319 g/mol. The van der Waals surface area contributed by atoms with Crippen LogP contribution in [-0.4, -0.2) is 18.8 Å². The molecule has 4 nitrogen and oxygen atoms in total. The van der Waals surface area contributed by atoms with E-state index in [0.29, 0.717) is 0 Å². The van der Waals surface area contributed by atoms with Crippen LogP contribution in [0, 0.1) is 0 Å². The van der Waals surface area contributed by atoms with Crippen molar-refractivity contribution in [3.05, 3.63) is 42.5 Å². The molecule has 0 saturated carbocycles. The van der Waals surface area contributed by atoms with Crippen LogP contribution in [0.3, 0.4) is 0 Å². The fourth-order valence-electron chi connectivity index (χ4n) is 2.83. The van der Waals surface area contributed by atoms with Gasteiger partial charge < -0.3 is 9.47 Å². The van der Waals surface area contributed by atoms with Gasteiger partial charge in [-0.05, 0) is 30.3 Å². The Hall–Kier alpha value is -2.20. The molecule has 116 valence electrons. The maximum absolute atomic E-state index is 5.52. The number of hydrogen-bond donors (Lipinski definition) is 0. The minimum absolute atomic E-state index is 0. The zero-order valence-corrected chi connectivity index (χ0v) is 14.0. The molecular formula is C17H20ClN2O2+. The Bertz CT molecular complexity index is 773. The molecule has 5 heteroatoms. The molecular weight excluding hydrogens is 300 g/mol. The lowest BCUT2D eigenvalue weighted by atomic mass is 10.1. The second-order valence-electron chi connectivity index (χ2n) is 5.00. The zero-order chi connectivity index (χ0) is 15.0. The van der Waals surface area contributed by atoms with Crippen molar-refractivity contribution < 1.29 is 14.0 Å². The number of methoxy groups -OCH3 is 2. The Balaban J connectivity index is 0.00000176. The predicted molar refractivity (Wildman–Crippen MR) is 89.9 cm³/mol. The van der Waals surface area contributed by atoms with Crippen molar-refractivity contribution in [3.8, 4) is 22.9 Å². The fourth-order valence-corrected chi connectivity index (χ4v) is 2.83. The molecule has 1 aromatic heterocycles. The third-order valence-electron chi connectivity index (χ3n) is 3.89. The van der Waals surface area contributed by atoms with Crippen molar-refractivity contribution in [2.24, 2.45) is 14.1 Å². The first kappa shape index (κ1) is 16.2. The molecule has 0 spiro atoms. The molecule has 0 aliphatic heterocycles. The molecule has 0 unspecified atom stereocenters. The van der Waals surface area contributed by atoms with E-state index >= 15 is 0 Å². The van der Waals surface area contributed by atoms with Crippen molar-refractivity contribution in [1.29, 1.82) is 0 Å². The van der Waals surface area contributed by atoms with Crippen LogP contribution in [0.4, 0.5) is 0 Å². The lowest BCUT2D eigenvalue weighted by molar-refractivity contribution is -0.634. The summed E-state index contributed by atoms with van der Waals surface area (Å²) in [5.74, 6) is 2.72. The number of aryl methyl sites for hydroxylation is 2. The summed E-state index contributed by atoms with van der Waals surface area (Å²) in [5, 5.41) is 0. The Morgan fingerprint density at radius 1 is 1.00 bits per heavy atom. The van der Waals surface area contributed by atoms with Gasteiger partial charge in [-0.2, -0.15) is 0 Å². The number of rotatable bonds is 3. The summed E-state index contributed by atoms with van der Waals surface area (Å²) >= 11 is 0. The highest BCUT2D eigenvalue weighted by molar-refractivity contribution is 5.85. The van der Waals surface area contributed by atoms with Crippen LogP contribution in [0.2, 0.25) is 0 Å². The first-order valence-electron chi connectivity index (χ1n) is 6.83. The summed E-state index contributed by atoms with van der Waals surface area (Å²) in [6.45, 7) is 0. The SMILES string of the molecule is COc1ccc(OC)c(-c2n(C)c3ccccc3[n+]2C)c1.Cl. The fraction of sp³-hybridized carbons (Fsp3) is 0.235. The molecule has 1 heterocycles.